The van der Waals surface area contributed by atoms with Crippen molar-refractivity contribution in [2.75, 3.05) is 25.1 Å². The lowest BCUT2D eigenvalue weighted by atomic mass is 10.2. The minimum Gasteiger partial charge on any atom is -0.492 e. The average molecular weight is 303 g/mol. The lowest BCUT2D eigenvalue weighted by Gasteiger charge is -2.09. The summed E-state index contributed by atoms with van der Waals surface area (Å²) in [6.07, 6.45) is 0. The fraction of sp³-hybridized carbons (Fsp3) is 0.235. The lowest BCUT2D eigenvalue weighted by Crippen LogP contribution is -2.11. The molecular formula is C17H18FNO3. The summed E-state index contributed by atoms with van der Waals surface area (Å²) < 4.78 is 23.1. The fourth-order valence-electron chi connectivity index (χ4n) is 1.83. The van der Waals surface area contributed by atoms with E-state index in [1.165, 1.54) is 12.1 Å². The quantitative estimate of drug-likeness (QED) is 0.628. The minimum absolute atomic E-state index is 0.285. The Kier molecular flexibility index (Phi) is 5.77. The Morgan fingerprint density at radius 1 is 1.09 bits per heavy atom. The van der Waals surface area contributed by atoms with Gasteiger partial charge in [-0.2, -0.15) is 0 Å². The highest BCUT2D eigenvalue weighted by Gasteiger charge is 2.05. The molecule has 2 rings (SSSR count). The molecule has 4 nitrogen and oxygen atoms in total. The molecule has 0 saturated heterocycles. The van der Waals surface area contributed by atoms with Gasteiger partial charge in [0.15, 0.2) is 0 Å². The van der Waals surface area contributed by atoms with Gasteiger partial charge in [0, 0.05) is 12.2 Å². The molecule has 0 spiro atoms. The third-order valence-corrected chi connectivity index (χ3v) is 2.91. The van der Waals surface area contributed by atoms with Crippen LogP contribution in [0.3, 0.4) is 0 Å². The smallest absolute Gasteiger partial charge is 0.338 e. The molecule has 5 heteroatoms. The van der Waals surface area contributed by atoms with Gasteiger partial charge in [0.1, 0.15) is 18.2 Å². The molecule has 0 aliphatic carbocycles. The summed E-state index contributed by atoms with van der Waals surface area (Å²) in [5, 5.41) is 3.17. The first-order valence-electron chi connectivity index (χ1n) is 7.08. The van der Waals surface area contributed by atoms with E-state index in [1.807, 2.05) is 12.1 Å². The third-order valence-electron chi connectivity index (χ3n) is 2.91. The molecule has 0 amide bonds. The molecule has 0 heterocycles. The van der Waals surface area contributed by atoms with Gasteiger partial charge >= 0.3 is 5.97 Å². The van der Waals surface area contributed by atoms with Crippen molar-refractivity contribution >= 4 is 11.7 Å². The molecule has 0 unspecified atom stereocenters. The number of benzene rings is 2. The van der Waals surface area contributed by atoms with Crippen LogP contribution in [0.5, 0.6) is 5.75 Å². The summed E-state index contributed by atoms with van der Waals surface area (Å²) in [6, 6.07) is 12.9. The summed E-state index contributed by atoms with van der Waals surface area (Å²) in [6.45, 7) is 3.18. The standard InChI is InChI=1S/C17H18FNO3/c1-2-21-17(20)13-3-7-15(8-4-13)19-11-12-22-16-9-5-14(18)6-10-16/h3-10,19H,2,11-12H2,1H3. The average Bonchev–Trinajstić information content (AvgIpc) is 2.54. The summed E-state index contributed by atoms with van der Waals surface area (Å²) in [4.78, 5) is 11.5. The molecular weight excluding hydrogens is 285 g/mol. The number of nitrogens with one attached hydrogen (secondary N) is 1. The summed E-state index contributed by atoms with van der Waals surface area (Å²) in [5.74, 6) is 0.0155. The molecule has 0 saturated carbocycles. The van der Waals surface area contributed by atoms with E-state index in [0.717, 1.165) is 5.69 Å². The topological polar surface area (TPSA) is 47.6 Å². The number of carbonyl (C=O) groups is 1. The number of esters is 1. The predicted molar refractivity (Wildman–Crippen MR) is 82.8 cm³/mol. The molecule has 0 aromatic heterocycles. The van der Waals surface area contributed by atoms with Crippen LogP contribution in [0, 0.1) is 5.82 Å². The third kappa shape index (κ3) is 4.77. The van der Waals surface area contributed by atoms with Crippen molar-refractivity contribution in [3.8, 4) is 5.75 Å². The molecule has 1 N–H and O–H groups in total. The maximum Gasteiger partial charge on any atom is 0.338 e. The zero-order chi connectivity index (χ0) is 15.8. The Bertz CT molecular complexity index is 596. The number of halogens is 1. The van der Waals surface area contributed by atoms with Crippen molar-refractivity contribution in [2.45, 2.75) is 6.92 Å². The van der Waals surface area contributed by atoms with Gasteiger partial charge in [-0.15, -0.1) is 0 Å². The summed E-state index contributed by atoms with van der Waals surface area (Å²) in [7, 11) is 0. The van der Waals surface area contributed by atoms with Crippen LogP contribution in [0.2, 0.25) is 0 Å². The van der Waals surface area contributed by atoms with Crippen molar-refractivity contribution in [1.82, 2.24) is 0 Å². The number of hydrogen-bond acceptors (Lipinski definition) is 4. The monoisotopic (exact) mass is 303 g/mol. The van der Waals surface area contributed by atoms with E-state index in [0.29, 0.717) is 31.1 Å². The van der Waals surface area contributed by atoms with E-state index in [9.17, 15) is 9.18 Å². The summed E-state index contributed by atoms with van der Waals surface area (Å²) in [5.41, 5.74) is 1.41. The molecule has 0 atom stereocenters. The maximum absolute atomic E-state index is 12.7. The van der Waals surface area contributed by atoms with Gasteiger partial charge in [0.05, 0.1) is 12.2 Å². The van der Waals surface area contributed by atoms with E-state index in [4.69, 9.17) is 9.47 Å². The molecule has 2 aromatic carbocycles. The minimum atomic E-state index is -0.325. The number of ether oxygens (including phenoxy) is 2. The van der Waals surface area contributed by atoms with Gasteiger partial charge in [-0.05, 0) is 55.5 Å². The molecule has 2 aromatic rings. The zero-order valence-electron chi connectivity index (χ0n) is 12.3. The van der Waals surface area contributed by atoms with E-state index in [1.54, 1.807) is 31.2 Å². The number of rotatable bonds is 7. The number of carbonyl (C=O) groups excluding carboxylic acids is 1. The SMILES string of the molecule is CCOC(=O)c1ccc(NCCOc2ccc(F)cc2)cc1. The van der Waals surface area contributed by atoms with Crippen molar-refractivity contribution in [3.05, 3.63) is 59.9 Å². The highest BCUT2D eigenvalue weighted by molar-refractivity contribution is 5.89. The molecule has 0 bridgehead atoms. The summed E-state index contributed by atoms with van der Waals surface area (Å²) >= 11 is 0. The van der Waals surface area contributed by atoms with Gasteiger partial charge in [0.2, 0.25) is 0 Å². The van der Waals surface area contributed by atoms with Crippen molar-refractivity contribution in [2.24, 2.45) is 0 Å². The van der Waals surface area contributed by atoms with Gasteiger partial charge in [-0.3, -0.25) is 0 Å². The van der Waals surface area contributed by atoms with Crippen LogP contribution in [0.25, 0.3) is 0 Å². The molecule has 0 fully saturated rings. The number of anilines is 1. The van der Waals surface area contributed by atoms with Gasteiger partial charge in [-0.25, -0.2) is 9.18 Å². The van der Waals surface area contributed by atoms with E-state index >= 15 is 0 Å². The zero-order valence-corrected chi connectivity index (χ0v) is 12.3. The Balaban J connectivity index is 1.75. The van der Waals surface area contributed by atoms with Gasteiger partial charge in [-0.1, -0.05) is 0 Å². The van der Waals surface area contributed by atoms with Crippen LogP contribution in [0.4, 0.5) is 10.1 Å². The van der Waals surface area contributed by atoms with Crippen LogP contribution < -0.4 is 10.1 Å². The molecule has 116 valence electrons. The predicted octanol–water partition coefficient (Wildman–Crippen LogP) is 3.49. The normalized spacial score (nSPS) is 10.1. The van der Waals surface area contributed by atoms with Gasteiger partial charge in [0.25, 0.3) is 0 Å². The molecule has 22 heavy (non-hydrogen) atoms. The van der Waals surface area contributed by atoms with Crippen molar-refractivity contribution in [3.63, 3.8) is 0 Å². The van der Waals surface area contributed by atoms with Crippen LogP contribution >= 0.6 is 0 Å². The van der Waals surface area contributed by atoms with Crippen molar-refractivity contribution < 1.29 is 18.7 Å². The first-order chi connectivity index (χ1) is 10.7. The first-order valence-corrected chi connectivity index (χ1v) is 7.08. The molecule has 0 radical (unpaired) electrons. The fourth-order valence-corrected chi connectivity index (χ4v) is 1.83. The second kappa shape index (κ2) is 8.02. The van der Waals surface area contributed by atoms with Crippen LogP contribution in [0.1, 0.15) is 17.3 Å². The number of hydrogen-bond donors (Lipinski definition) is 1. The first kappa shape index (κ1) is 15.8. The van der Waals surface area contributed by atoms with E-state index in [2.05, 4.69) is 5.32 Å². The lowest BCUT2D eigenvalue weighted by molar-refractivity contribution is 0.0526. The van der Waals surface area contributed by atoms with E-state index in [-0.39, 0.29) is 11.8 Å². The Labute approximate surface area is 128 Å². The van der Waals surface area contributed by atoms with E-state index < -0.39 is 0 Å². The molecule has 0 aliphatic rings. The van der Waals surface area contributed by atoms with Gasteiger partial charge < -0.3 is 14.8 Å². The van der Waals surface area contributed by atoms with Crippen molar-refractivity contribution in [1.29, 1.82) is 0 Å². The second-order valence-electron chi connectivity index (χ2n) is 4.53. The highest BCUT2D eigenvalue weighted by atomic mass is 19.1. The Hall–Kier alpha value is -2.56. The second-order valence-corrected chi connectivity index (χ2v) is 4.53. The highest BCUT2D eigenvalue weighted by Crippen LogP contribution is 2.12. The Morgan fingerprint density at radius 3 is 2.41 bits per heavy atom. The van der Waals surface area contributed by atoms with Crippen LogP contribution in [-0.2, 0) is 4.74 Å². The van der Waals surface area contributed by atoms with Crippen LogP contribution in [0.15, 0.2) is 48.5 Å². The maximum atomic E-state index is 12.7. The Morgan fingerprint density at radius 2 is 1.77 bits per heavy atom. The molecule has 0 aliphatic heterocycles. The largest absolute Gasteiger partial charge is 0.492 e. The van der Waals surface area contributed by atoms with Crippen LogP contribution in [-0.4, -0.2) is 25.7 Å².